The van der Waals surface area contributed by atoms with Crippen molar-refractivity contribution in [1.29, 1.82) is 0 Å². The Morgan fingerprint density at radius 2 is 1.85 bits per heavy atom. The number of hydrogen-bond donors (Lipinski definition) is 2. The molecule has 140 valence electrons. The highest BCUT2D eigenvalue weighted by Gasteiger charge is 2.35. The number of hydrogen-bond acceptors (Lipinski definition) is 3. The molecule has 2 aromatic rings. The minimum Gasteiger partial charge on any atom is -0.326 e. The molecule has 0 aromatic heterocycles. The lowest BCUT2D eigenvalue weighted by Crippen LogP contribution is -2.28. The van der Waals surface area contributed by atoms with E-state index >= 15 is 0 Å². The van der Waals surface area contributed by atoms with Crippen LogP contribution in [0.3, 0.4) is 0 Å². The first-order valence-corrected chi connectivity index (χ1v) is 9.04. The fourth-order valence-corrected chi connectivity index (χ4v) is 3.06. The van der Waals surface area contributed by atoms with Crippen molar-refractivity contribution in [3.63, 3.8) is 0 Å². The Labute approximate surface area is 158 Å². The molecule has 0 bridgehead atoms. The quantitative estimate of drug-likeness (QED) is 0.853. The fraction of sp³-hybridized carbons (Fsp3) is 0.286. The fourth-order valence-electron chi connectivity index (χ4n) is 3.06. The van der Waals surface area contributed by atoms with Crippen molar-refractivity contribution in [3.8, 4) is 0 Å². The molecule has 1 aliphatic rings. The number of nitrogens with zero attached hydrogens (tertiary/aromatic N) is 1. The van der Waals surface area contributed by atoms with Gasteiger partial charge in [-0.3, -0.25) is 14.4 Å². The van der Waals surface area contributed by atoms with E-state index in [9.17, 15) is 14.4 Å². The van der Waals surface area contributed by atoms with E-state index in [-0.39, 0.29) is 24.1 Å². The highest BCUT2D eigenvalue weighted by atomic mass is 16.2. The summed E-state index contributed by atoms with van der Waals surface area (Å²) in [6.07, 6.45) is 0.571. The molecule has 1 unspecified atom stereocenters. The van der Waals surface area contributed by atoms with E-state index in [2.05, 4.69) is 10.6 Å². The molecule has 3 amide bonds. The molecule has 6 heteroatoms. The van der Waals surface area contributed by atoms with Crippen molar-refractivity contribution in [3.05, 3.63) is 54.1 Å². The molecular formula is C21H23N3O3. The number of para-hydroxylation sites is 1. The van der Waals surface area contributed by atoms with Crippen molar-refractivity contribution in [2.45, 2.75) is 26.7 Å². The molecule has 2 aromatic carbocycles. The second-order valence-corrected chi connectivity index (χ2v) is 6.66. The standard InChI is InChI=1S/C21H23N3O3/c1-3-19(25)22-16-10-9-14(2)18(12-16)23-21(27)15-11-20(26)24(13-15)17-7-5-4-6-8-17/h4-10,12,15H,3,11,13H2,1-2H3,(H,22,25)(H,23,27). The maximum absolute atomic E-state index is 12.7. The molecule has 0 radical (unpaired) electrons. The average molecular weight is 365 g/mol. The van der Waals surface area contributed by atoms with E-state index in [1.165, 1.54) is 0 Å². The summed E-state index contributed by atoms with van der Waals surface area (Å²) in [5, 5.41) is 5.69. The molecule has 1 fully saturated rings. The zero-order valence-corrected chi connectivity index (χ0v) is 15.5. The van der Waals surface area contributed by atoms with Crippen LogP contribution in [-0.4, -0.2) is 24.3 Å². The first kappa shape index (κ1) is 18.6. The molecule has 3 rings (SSSR count). The van der Waals surface area contributed by atoms with Crippen molar-refractivity contribution in [1.82, 2.24) is 0 Å². The molecule has 1 aliphatic heterocycles. The molecule has 0 aliphatic carbocycles. The van der Waals surface area contributed by atoms with Gasteiger partial charge in [0, 0.05) is 36.4 Å². The summed E-state index contributed by atoms with van der Waals surface area (Å²) in [5.41, 5.74) is 2.97. The van der Waals surface area contributed by atoms with E-state index < -0.39 is 5.92 Å². The molecule has 6 nitrogen and oxygen atoms in total. The lowest BCUT2D eigenvalue weighted by atomic mass is 10.1. The average Bonchev–Trinajstić information content (AvgIpc) is 3.07. The van der Waals surface area contributed by atoms with Crippen LogP contribution >= 0.6 is 0 Å². The number of benzene rings is 2. The second-order valence-electron chi connectivity index (χ2n) is 6.66. The summed E-state index contributed by atoms with van der Waals surface area (Å²) < 4.78 is 0. The normalized spacial score (nSPS) is 16.3. The van der Waals surface area contributed by atoms with E-state index in [1.807, 2.05) is 43.3 Å². The van der Waals surface area contributed by atoms with Gasteiger partial charge in [-0.05, 0) is 36.8 Å². The van der Waals surface area contributed by atoms with Crippen LogP contribution < -0.4 is 15.5 Å². The number of carbonyl (C=O) groups excluding carboxylic acids is 3. The number of aryl methyl sites for hydroxylation is 1. The Balaban J connectivity index is 1.70. The van der Waals surface area contributed by atoms with Gasteiger partial charge >= 0.3 is 0 Å². The minimum absolute atomic E-state index is 0.0537. The van der Waals surface area contributed by atoms with Gasteiger partial charge in [0.1, 0.15) is 0 Å². The summed E-state index contributed by atoms with van der Waals surface area (Å²) in [4.78, 5) is 38.2. The van der Waals surface area contributed by atoms with Crippen molar-refractivity contribution in [2.75, 3.05) is 22.1 Å². The Morgan fingerprint density at radius 1 is 1.11 bits per heavy atom. The molecule has 1 atom stereocenters. The van der Waals surface area contributed by atoms with Crippen LogP contribution in [-0.2, 0) is 14.4 Å². The third-order valence-corrected chi connectivity index (χ3v) is 4.66. The largest absolute Gasteiger partial charge is 0.326 e. The third kappa shape index (κ3) is 4.34. The van der Waals surface area contributed by atoms with Crippen LogP contribution in [0.25, 0.3) is 0 Å². The molecule has 2 N–H and O–H groups in total. The number of rotatable bonds is 5. The van der Waals surface area contributed by atoms with Crippen LogP contribution in [0.4, 0.5) is 17.1 Å². The Hall–Kier alpha value is -3.15. The Bertz CT molecular complexity index is 864. The number of anilines is 3. The van der Waals surface area contributed by atoms with Crippen LogP contribution in [0.15, 0.2) is 48.5 Å². The number of carbonyl (C=O) groups is 3. The maximum atomic E-state index is 12.7. The monoisotopic (exact) mass is 365 g/mol. The van der Waals surface area contributed by atoms with Gasteiger partial charge in [-0.15, -0.1) is 0 Å². The number of nitrogens with one attached hydrogen (secondary N) is 2. The lowest BCUT2D eigenvalue weighted by molar-refractivity contribution is -0.122. The first-order chi connectivity index (χ1) is 13.0. The predicted molar refractivity (Wildman–Crippen MR) is 106 cm³/mol. The predicted octanol–water partition coefficient (Wildman–Crippen LogP) is 3.34. The molecule has 27 heavy (non-hydrogen) atoms. The summed E-state index contributed by atoms with van der Waals surface area (Å²) in [7, 11) is 0. The first-order valence-electron chi connectivity index (χ1n) is 9.04. The zero-order valence-electron chi connectivity index (χ0n) is 15.5. The maximum Gasteiger partial charge on any atom is 0.229 e. The second kappa shape index (κ2) is 8.03. The Morgan fingerprint density at radius 3 is 2.56 bits per heavy atom. The van der Waals surface area contributed by atoms with Gasteiger partial charge < -0.3 is 15.5 Å². The summed E-state index contributed by atoms with van der Waals surface area (Å²) in [6.45, 7) is 4.03. The van der Waals surface area contributed by atoms with Crippen LogP contribution in [0.2, 0.25) is 0 Å². The van der Waals surface area contributed by atoms with Gasteiger partial charge in [0.25, 0.3) is 0 Å². The third-order valence-electron chi connectivity index (χ3n) is 4.66. The molecule has 1 heterocycles. The van der Waals surface area contributed by atoms with Gasteiger partial charge in [0.15, 0.2) is 0 Å². The van der Waals surface area contributed by atoms with Crippen LogP contribution in [0, 0.1) is 12.8 Å². The Kier molecular flexibility index (Phi) is 5.54. The van der Waals surface area contributed by atoms with Crippen LogP contribution in [0.5, 0.6) is 0 Å². The van der Waals surface area contributed by atoms with E-state index in [0.717, 1.165) is 11.3 Å². The van der Waals surface area contributed by atoms with E-state index in [4.69, 9.17) is 0 Å². The van der Waals surface area contributed by atoms with Crippen molar-refractivity contribution >= 4 is 34.8 Å². The highest BCUT2D eigenvalue weighted by molar-refractivity contribution is 6.04. The molecule has 1 saturated heterocycles. The summed E-state index contributed by atoms with van der Waals surface area (Å²) >= 11 is 0. The molecular weight excluding hydrogens is 342 g/mol. The van der Waals surface area contributed by atoms with Gasteiger partial charge in [-0.25, -0.2) is 0 Å². The van der Waals surface area contributed by atoms with E-state index in [0.29, 0.717) is 24.3 Å². The van der Waals surface area contributed by atoms with Gasteiger partial charge in [-0.2, -0.15) is 0 Å². The summed E-state index contributed by atoms with van der Waals surface area (Å²) in [6, 6.07) is 14.7. The minimum atomic E-state index is -0.411. The smallest absolute Gasteiger partial charge is 0.229 e. The van der Waals surface area contributed by atoms with Crippen molar-refractivity contribution < 1.29 is 14.4 Å². The molecule has 0 spiro atoms. The highest BCUT2D eigenvalue weighted by Crippen LogP contribution is 2.27. The SMILES string of the molecule is CCC(=O)Nc1ccc(C)c(NC(=O)C2CC(=O)N(c3ccccc3)C2)c1. The summed E-state index contributed by atoms with van der Waals surface area (Å²) in [5.74, 6) is -0.743. The van der Waals surface area contributed by atoms with Crippen LogP contribution in [0.1, 0.15) is 25.3 Å². The van der Waals surface area contributed by atoms with Gasteiger partial charge in [-0.1, -0.05) is 31.2 Å². The van der Waals surface area contributed by atoms with Gasteiger partial charge in [0.05, 0.1) is 5.92 Å². The zero-order chi connectivity index (χ0) is 19.4. The molecule has 0 saturated carbocycles. The van der Waals surface area contributed by atoms with Crippen molar-refractivity contribution in [2.24, 2.45) is 5.92 Å². The number of amides is 3. The topological polar surface area (TPSA) is 78.5 Å². The van der Waals surface area contributed by atoms with E-state index in [1.54, 1.807) is 24.0 Å². The van der Waals surface area contributed by atoms with Gasteiger partial charge in [0.2, 0.25) is 17.7 Å². The lowest BCUT2D eigenvalue weighted by Gasteiger charge is -2.17.